The van der Waals surface area contributed by atoms with Gasteiger partial charge in [0.05, 0.1) is 11.2 Å². The molecule has 0 aliphatic carbocycles. The summed E-state index contributed by atoms with van der Waals surface area (Å²) in [5.41, 5.74) is 20.1. The average molecular weight is 1440 g/mol. The number of hydrogen-bond donors (Lipinski definition) is 0. The van der Waals surface area contributed by atoms with Crippen LogP contribution in [0.1, 0.15) is 27.7 Å². The molecule has 21 aromatic carbocycles. The van der Waals surface area contributed by atoms with Crippen molar-refractivity contribution in [3.63, 3.8) is 0 Å². The molecular formula is C110H77BO2. The Morgan fingerprint density at radius 1 is 0.168 bits per heavy atom. The van der Waals surface area contributed by atoms with Crippen LogP contribution in [0.2, 0.25) is 0 Å². The second-order valence-electron chi connectivity index (χ2n) is 31.4. The van der Waals surface area contributed by atoms with Gasteiger partial charge in [0.15, 0.2) is 0 Å². The topological polar surface area (TPSA) is 18.5 Å². The van der Waals surface area contributed by atoms with Gasteiger partial charge in [-0.05, 0) is 259 Å². The van der Waals surface area contributed by atoms with Crippen LogP contribution >= 0.6 is 0 Å². The Bertz CT molecular complexity index is 7250. The highest BCUT2D eigenvalue weighted by Gasteiger charge is 2.52. The summed E-state index contributed by atoms with van der Waals surface area (Å²) in [4.78, 5) is 0. The summed E-state index contributed by atoms with van der Waals surface area (Å²) in [5, 5.41) is 27.4. The van der Waals surface area contributed by atoms with Crippen LogP contribution < -0.4 is 5.46 Å². The third-order valence-electron chi connectivity index (χ3n) is 24.5. The fraction of sp³-hybridized carbons (Fsp3) is 0.0545. The average Bonchev–Trinajstić information content (AvgIpc) is 1.62. The molecule has 0 radical (unpaired) electrons. The van der Waals surface area contributed by atoms with Gasteiger partial charge in [-0.3, -0.25) is 0 Å². The maximum atomic E-state index is 6.54. The van der Waals surface area contributed by atoms with E-state index in [2.05, 4.69) is 422 Å². The molecule has 0 bridgehead atoms. The van der Waals surface area contributed by atoms with E-state index in [1.54, 1.807) is 0 Å². The predicted octanol–water partition coefficient (Wildman–Crippen LogP) is 29.7. The van der Waals surface area contributed by atoms with Crippen molar-refractivity contribution >= 4 is 131 Å². The van der Waals surface area contributed by atoms with Gasteiger partial charge < -0.3 is 9.31 Å². The zero-order chi connectivity index (χ0) is 75.5. The van der Waals surface area contributed by atoms with Gasteiger partial charge in [-0.2, -0.15) is 0 Å². The lowest BCUT2D eigenvalue weighted by molar-refractivity contribution is 0.00578. The molecule has 0 N–H and O–H groups in total. The molecule has 1 aliphatic rings. The zero-order valence-electron chi connectivity index (χ0n) is 63.4. The van der Waals surface area contributed by atoms with Crippen molar-refractivity contribution < 1.29 is 9.31 Å². The molecule has 22 rings (SSSR count). The van der Waals surface area contributed by atoms with Crippen LogP contribution in [0.4, 0.5) is 0 Å². The van der Waals surface area contributed by atoms with E-state index in [1.807, 2.05) is 0 Å². The molecule has 0 saturated carbocycles. The first-order valence-electron chi connectivity index (χ1n) is 39.4. The van der Waals surface area contributed by atoms with E-state index >= 15 is 0 Å². The van der Waals surface area contributed by atoms with Gasteiger partial charge in [-0.1, -0.05) is 376 Å². The Labute approximate surface area is 658 Å². The van der Waals surface area contributed by atoms with Crippen molar-refractivity contribution in [1.82, 2.24) is 0 Å². The maximum Gasteiger partial charge on any atom is 0.495 e. The fourth-order valence-electron chi connectivity index (χ4n) is 18.4. The normalized spacial score (nSPS) is 13.4. The minimum absolute atomic E-state index is 0.409. The summed E-state index contributed by atoms with van der Waals surface area (Å²) in [5.74, 6) is 0. The number of hydrogen-bond acceptors (Lipinski definition) is 2. The van der Waals surface area contributed by atoms with Crippen molar-refractivity contribution in [2.75, 3.05) is 0 Å². The third-order valence-corrected chi connectivity index (χ3v) is 24.5. The lowest BCUT2D eigenvalue weighted by atomic mass is 9.75. The maximum absolute atomic E-state index is 6.54. The van der Waals surface area contributed by atoms with Crippen LogP contribution in [0.3, 0.4) is 0 Å². The van der Waals surface area contributed by atoms with Crippen LogP contribution in [-0.2, 0) is 9.31 Å². The largest absolute Gasteiger partial charge is 0.495 e. The molecule has 1 aliphatic heterocycles. The van der Waals surface area contributed by atoms with Crippen LogP contribution in [0.5, 0.6) is 0 Å². The van der Waals surface area contributed by atoms with E-state index < -0.39 is 18.3 Å². The van der Waals surface area contributed by atoms with Crippen LogP contribution in [0.15, 0.2) is 394 Å². The first kappa shape index (κ1) is 67.6. The molecule has 0 spiro atoms. The summed E-state index contributed by atoms with van der Waals surface area (Å²) < 4.78 is 13.1. The minimum atomic E-state index is -0.433. The molecule has 1 saturated heterocycles. The third kappa shape index (κ3) is 11.4. The summed E-state index contributed by atoms with van der Waals surface area (Å²) in [6, 6.07) is 145. The van der Waals surface area contributed by atoms with E-state index in [-0.39, 0.29) is 0 Å². The van der Waals surface area contributed by atoms with Gasteiger partial charge in [0, 0.05) is 0 Å². The Hall–Kier alpha value is -13.5. The molecule has 21 aromatic rings. The minimum Gasteiger partial charge on any atom is -0.399 e. The Balaban J connectivity index is 0.000000148. The highest BCUT2D eigenvalue weighted by molar-refractivity contribution is 6.65. The van der Waals surface area contributed by atoms with Crippen molar-refractivity contribution in [1.29, 1.82) is 0 Å². The van der Waals surface area contributed by atoms with Gasteiger partial charge in [0.25, 0.3) is 0 Å². The highest BCUT2D eigenvalue weighted by atomic mass is 16.7. The molecule has 113 heavy (non-hydrogen) atoms. The molecule has 0 amide bonds. The lowest BCUT2D eigenvalue weighted by Gasteiger charge is -2.32. The zero-order valence-corrected chi connectivity index (χ0v) is 63.4. The quantitative estimate of drug-likeness (QED) is 0.106. The summed E-state index contributed by atoms with van der Waals surface area (Å²) in [6.45, 7) is 8.45. The van der Waals surface area contributed by atoms with Gasteiger partial charge in [0.2, 0.25) is 0 Å². The van der Waals surface area contributed by atoms with Crippen LogP contribution in [0, 0.1) is 0 Å². The lowest BCUT2D eigenvalue weighted by Crippen LogP contribution is -2.41. The second kappa shape index (κ2) is 27.2. The SMILES string of the molecule is CC1(C)OB(c2cccc3c(-c4c5ccccc5c(-c5ccc(-c6ccc7ccccc7c6)cc5)c5ccccc45)cccc23)OC1(C)C.c1ccc2cc(-c3ccc(-c4c5ccccc5c(-c5cccc6c(-c7c8ccccc8c(-c8ccc9ccccc9c8)c8ccccc78)cccc56)c5ccccc45)cc3)ccc2c1. The summed E-state index contributed by atoms with van der Waals surface area (Å²) >= 11 is 0. The smallest absolute Gasteiger partial charge is 0.399 e. The Morgan fingerprint density at radius 3 is 0.717 bits per heavy atom. The molecule has 3 heteroatoms. The molecule has 0 atom stereocenters. The predicted molar refractivity (Wildman–Crippen MR) is 485 cm³/mol. The monoisotopic (exact) mass is 1440 g/mol. The molecule has 1 heterocycles. The van der Waals surface area contributed by atoms with Crippen LogP contribution in [0.25, 0.3) is 208 Å². The van der Waals surface area contributed by atoms with Crippen molar-refractivity contribution in [3.05, 3.63) is 394 Å². The summed E-state index contributed by atoms with van der Waals surface area (Å²) in [6.07, 6.45) is 0. The Morgan fingerprint density at radius 2 is 0.389 bits per heavy atom. The second-order valence-corrected chi connectivity index (χ2v) is 31.4. The standard InChI is InChI=1S/C64H40.C46H37BO2/c1-3-17-45-39-47(37-33-41(45)15-1)43-31-35-44(36-32-43)61-53-19-5-9-23-57(53)63(58-24-10-6-20-54(58)61)51-29-13-28-50-49(51)27-14-30-52(50)64-59-25-11-7-21-55(59)62(56-22-8-12-26-60(56)64)48-38-34-42-16-2-4-18-46(42)40-48;1-45(2)46(3,4)49-47(48-45)42-22-12-19-35-36(42)20-11-21-37(35)44-40-17-9-7-15-38(40)43(39-16-8-10-18-41(39)44)32-26-23-31(24-27-32)34-28-25-30-13-5-6-14-33(30)29-34/h1-40H;5-29H,1-4H3. The van der Waals surface area contributed by atoms with E-state index in [0.717, 1.165) is 10.8 Å². The number of rotatable bonds is 9. The summed E-state index contributed by atoms with van der Waals surface area (Å²) in [7, 11) is -0.433. The van der Waals surface area contributed by atoms with Gasteiger partial charge in [-0.25, -0.2) is 0 Å². The first-order valence-corrected chi connectivity index (χ1v) is 39.4. The molecule has 0 unspecified atom stereocenters. The van der Waals surface area contributed by atoms with E-state index in [9.17, 15) is 0 Å². The van der Waals surface area contributed by atoms with Crippen molar-refractivity contribution in [2.24, 2.45) is 0 Å². The molecule has 532 valence electrons. The Kier molecular flexibility index (Phi) is 16.3. The molecule has 1 fully saturated rings. The molecular weight excluding hydrogens is 1360 g/mol. The number of benzene rings is 21. The van der Waals surface area contributed by atoms with Crippen molar-refractivity contribution in [3.8, 4) is 89.0 Å². The van der Waals surface area contributed by atoms with Gasteiger partial charge in [-0.15, -0.1) is 0 Å². The van der Waals surface area contributed by atoms with Crippen LogP contribution in [-0.4, -0.2) is 18.3 Å². The van der Waals surface area contributed by atoms with Gasteiger partial charge >= 0.3 is 7.12 Å². The van der Waals surface area contributed by atoms with Gasteiger partial charge in [0.1, 0.15) is 0 Å². The fourth-order valence-corrected chi connectivity index (χ4v) is 18.4. The van der Waals surface area contributed by atoms with E-state index in [1.165, 1.54) is 202 Å². The highest BCUT2D eigenvalue weighted by Crippen LogP contribution is 2.51. The molecule has 2 nitrogen and oxygen atoms in total. The van der Waals surface area contributed by atoms with E-state index in [0.29, 0.717) is 0 Å². The molecule has 0 aromatic heterocycles. The van der Waals surface area contributed by atoms with E-state index in [4.69, 9.17) is 9.31 Å². The first-order chi connectivity index (χ1) is 55.6. The van der Waals surface area contributed by atoms with Crippen molar-refractivity contribution in [2.45, 2.75) is 38.9 Å². The number of fused-ring (bicyclic) bond motifs is 11.